The first-order chi connectivity index (χ1) is 12.5. The summed E-state index contributed by atoms with van der Waals surface area (Å²) in [6.45, 7) is 1.75. The van der Waals surface area contributed by atoms with E-state index >= 15 is 0 Å². The fourth-order valence-corrected chi connectivity index (χ4v) is 2.81. The van der Waals surface area contributed by atoms with E-state index in [2.05, 4.69) is 0 Å². The number of carbonyl (C=O) groups is 2. The Morgan fingerprint density at radius 3 is 1.96 bits per heavy atom. The molecule has 0 aliphatic carbocycles. The van der Waals surface area contributed by atoms with Crippen LogP contribution in [0.15, 0.2) is 60.7 Å². The van der Waals surface area contributed by atoms with E-state index in [4.69, 9.17) is 14.2 Å². The highest BCUT2D eigenvalue weighted by molar-refractivity contribution is 5.90. The Kier molecular flexibility index (Phi) is 5.65. The predicted molar refractivity (Wildman–Crippen MR) is 92.5 cm³/mol. The zero-order valence-electron chi connectivity index (χ0n) is 14.3. The van der Waals surface area contributed by atoms with Gasteiger partial charge in [-0.25, -0.2) is 9.59 Å². The van der Waals surface area contributed by atoms with Gasteiger partial charge < -0.3 is 19.3 Å². The zero-order chi connectivity index (χ0) is 18.5. The van der Waals surface area contributed by atoms with E-state index in [1.54, 1.807) is 67.6 Å². The van der Waals surface area contributed by atoms with Crippen molar-refractivity contribution in [2.75, 3.05) is 0 Å². The van der Waals surface area contributed by atoms with Crippen LogP contribution in [0.5, 0.6) is 0 Å². The lowest BCUT2D eigenvalue weighted by atomic mass is 10.0. The maximum absolute atomic E-state index is 12.3. The minimum absolute atomic E-state index is 0.308. The third kappa shape index (κ3) is 4.28. The fraction of sp³-hybridized carbons (Fsp3) is 0.300. The highest BCUT2D eigenvalue weighted by Gasteiger charge is 2.42. The Hall–Kier alpha value is -2.70. The van der Waals surface area contributed by atoms with Crippen LogP contribution in [0.4, 0.5) is 0 Å². The van der Waals surface area contributed by atoms with Crippen LogP contribution in [0.3, 0.4) is 0 Å². The number of aliphatic hydroxyl groups is 1. The molecule has 1 unspecified atom stereocenters. The number of rotatable bonds is 4. The Morgan fingerprint density at radius 1 is 0.923 bits per heavy atom. The molecule has 0 bridgehead atoms. The lowest BCUT2D eigenvalue weighted by Gasteiger charge is -2.37. The van der Waals surface area contributed by atoms with Crippen molar-refractivity contribution in [2.24, 2.45) is 0 Å². The molecule has 1 saturated heterocycles. The van der Waals surface area contributed by atoms with Crippen molar-refractivity contribution in [2.45, 2.75) is 37.9 Å². The SMILES string of the molecule is C[C@H]1C[C@H](OC(=O)c2ccccc2)[C@@H](OC(=O)c2ccccc2)C(O)O1. The monoisotopic (exact) mass is 356 g/mol. The van der Waals surface area contributed by atoms with Crippen LogP contribution >= 0.6 is 0 Å². The molecule has 0 radical (unpaired) electrons. The second-order valence-electron chi connectivity index (χ2n) is 6.12. The summed E-state index contributed by atoms with van der Waals surface area (Å²) in [5.41, 5.74) is 0.723. The summed E-state index contributed by atoms with van der Waals surface area (Å²) in [5, 5.41) is 10.2. The maximum Gasteiger partial charge on any atom is 0.338 e. The van der Waals surface area contributed by atoms with Gasteiger partial charge in [0.2, 0.25) is 0 Å². The fourth-order valence-electron chi connectivity index (χ4n) is 2.81. The van der Waals surface area contributed by atoms with Crippen LogP contribution < -0.4 is 0 Å². The van der Waals surface area contributed by atoms with E-state index in [0.717, 1.165) is 0 Å². The Labute approximate surface area is 151 Å². The summed E-state index contributed by atoms with van der Waals surface area (Å²) in [4.78, 5) is 24.7. The summed E-state index contributed by atoms with van der Waals surface area (Å²) < 4.78 is 16.2. The molecule has 4 atom stereocenters. The van der Waals surface area contributed by atoms with Crippen LogP contribution in [0.25, 0.3) is 0 Å². The molecule has 26 heavy (non-hydrogen) atoms. The van der Waals surface area contributed by atoms with Gasteiger partial charge in [-0.05, 0) is 31.2 Å². The first kappa shape index (κ1) is 18.1. The van der Waals surface area contributed by atoms with Gasteiger partial charge in [0.15, 0.2) is 12.4 Å². The van der Waals surface area contributed by atoms with Gasteiger partial charge >= 0.3 is 11.9 Å². The second-order valence-corrected chi connectivity index (χ2v) is 6.12. The average Bonchev–Trinajstić information content (AvgIpc) is 2.65. The third-order valence-corrected chi connectivity index (χ3v) is 4.10. The van der Waals surface area contributed by atoms with Gasteiger partial charge in [0, 0.05) is 6.42 Å². The molecule has 1 N–H and O–H groups in total. The minimum atomic E-state index is -1.38. The highest BCUT2D eigenvalue weighted by Crippen LogP contribution is 2.25. The van der Waals surface area contributed by atoms with Crippen molar-refractivity contribution in [3.63, 3.8) is 0 Å². The highest BCUT2D eigenvalue weighted by atomic mass is 16.7. The summed E-state index contributed by atoms with van der Waals surface area (Å²) in [5.74, 6) is -1.16. The van der Waals surface area contributed by atoms with Gasteiger partial charge in [-0.1, -0.05) is 36.4 Å². The summed E-state index contributed by atoms with van der Waals surface area (Å²) in [6, 6.07) is 16.9. The molecule has 136 valence electrons. The molecule has 1 aliphatic rings. The van der Waals surface area contributed by atoms with Gasteiger partial charge in [0.05, 0.1) is 17.2 Å². The number of benzene rings is 2. The van der Waals surface area contributed by atoms with E-state index in [9.17, 15) is 14.7 Å². The number of aliphatic hydroxyl groups excluding tert-OH is 1. The van der Waals surface area contributed by atoms with Gasteiger partial charge in [-0.2, -0.15) is 0 Å². The molecule has 1 fully saturated rings. The molecule has 0 saturated carbocycles. The molecule has 6 heteroatoms. The first-order valence-electron chi connectivity index (χ1n) is 8.40. The normalized spacial score (nSPS) is 25.3. The van der Waals surface area contributed by atoms with Gasteiger partial charge in [0.25, 0.3) is 0 Å². The van der Waals surface area contributed by atoms with Crippen molar-refractivity contribution >= 4 is 11.9 Å². The molecule has 2 aromatic rings. The van der Waals surface area contributed by atoms with E-state index < -0.39 is 30.4 Å². The lowest BCUT2D eigenvalue weighted by Crippen LogP contribution is -2.51. The van der Waals surface area contributed by atoms with Crippen molar-refractivity contribution in [3.8, 4) is 0 Å². The molecule has 1 heterocycles. The number of carbonyl (C=O) groups excluding carboxylic acids is 2. The van der Waals surface area contributed by atoms with Gasteiger partial charge in [-0.3, -0.25) is 0 Å². The Balaban J connectivity index is 1.74. The quantitative estimate of drug-likeness (QED) is 0.848. The molecule has 3 rings (SSSR count). The third-order valence-electron chi connectivity index (χ3n) is 4.10. The molecule has 0 spiro atoms. The topological polar surface area (TPSA) is 82.1 Å². The van der Waals surface area contributed by atoms with E-state index in [0.29, 0.717) is 17.5 Å². The minimum Gasteiger partial charge on any atom is -0.455 e. The van der Waals surface area contributed by atoms with E-state index in [1.807, 2.05) is 0 Å². The number of hydrogen-bond donors (Lipinski definition) is 1. The molecule has 2 aromatic carbocycles. The van der Waals surface area contributed by atoms with Crippen molar-refractivity contribution in [3.05, 3.63) is 71.8 Å². The Morgan fingerprint density at radius 2 is 1.42 bits per heavy atom. The standard InChI is InChI=1S/C20H20O6/c1-13-12-16(25-18(21)14-8-4-2-5-9-14)17(20(23)24-13)26-19(22)15-10-6-3-7-11-15/h2-11,13,16-17,20,23H,12H2,1H3/t13-,16-,17+,20?/m0/s1. The van der Waals surface area contributed by atoms with Crippen molar-refractivity contribution in [1.82, 2.24) is 0 Å². The predicted octanol–water partition coefficient (Wildman–Crippen LogP) is 2.56. The largest absolute Gasteiger partial charge is 0.455 e. The summed E-state index contributed by atoms with van der Waals surface area (Å²) in [7, 11) is 0. The lowest BCUT2D eigenvalue weighted by molar-refractivity contribution is -0.242. The van der Waals surface area contributed by atoms with E-state index in [1.165, 1.54) is 0 Å². The molecular formula is C20H20O6. The molecule has 0 aromatic heterocycles. The van der Waals surface area contributed by atoms with Crippen LogP contribution in [0, 0.1) is 0 Å². The molecule has 6 nitrogen and oxygen atoms in total. The zero-order valence-corrected chi connectivity index (χ0v) is 14.3. The van der Waals surface area contributed by atoms with E-state index in [-0.39, 0.29) is 6.10 Å². The van der Waals surface area contributed by atoms with Crippen molar-refractivity contribution < 1.29 is 28.9 Å². The summed E-state index contributed by atoms with van der Waals surface area (Å²) >= 11 is 0. The van der Waals surface area contributed by atoms with Crippen LogP contribution in [0.1, 0.15) is 34.1 Å². The number of ether oxygens (including phenoxy) is 3. The van der Waals surface area contributed by atoms with Gasteiger partial charge in [-0.15, -0.1) is 0 Å². The number of esters is 2. The second kappa shape index (κ2) is 8.12. The van der Waals surface area contributed by atoms with Crippen LogP contribution in [-0.2, 0) is 14.2 Å². The average molecular weight is 356 g/mol. The number of hydrogen-bond acceptors (Lipinski definition) is 6. The molecular weight excluding hydrogens is 336 g/mol. The van der Waals surface area contributed by atoms with Crippen LogP contribution in [0.2, 0.25) is 0 Å². The molecule has 0 amide bonds. The van der Waals surface area contributed by atoms with Gasteiger partial charge in [0.1, 0.15) is 6.10 Å². The maximum atomic E-state index is 12.3. The van der Waals surface area contributed by atoms with Crippen LogP contribution in [-0.4, -0.2) is 41.6 Å². The Bertz CT molecular complexity index is 745. The summed E-state index contributed by atoms with van der Waals surface area (Å²) in [6.07, 6.45) is -3.33. The van der Waals surface area contributed by atoms with Crippen molar-refractivity contribution in [1.29, 1.82) is 0 Å². The molecule has 1 aliphatic heterocycles. The smallest absolute Gasteiger partial charge is 0.338 e. The first-order valence-corrected chi connectivity index (χ1v) is 8.40.